The average molecular weight is 420 g/mol. The molecule has 0 bridgehead atoms. The van der Waals surface area contributed by atoms with E-state index in [9.17, 15) is 4.79 Å². The van der Waals surface area contributed by atoms with Crippen LogP contribution in [-0.4, -0.2) is 32.9 Å². The Morgan fingerprint density at radius 3 is 2.80 bits per heavy atom. The van der Waals surface area contributed by atoms with Crippen molar-refractivity contribution in [1.82, 2.24) is 19.9 Å². The molecule has 0 saturated carbocycles. The largest absolute Gasteiger partial charge is 0.365 e. The van der Waals surface area contributed by atoms with E-state index in [4.69, 9.17) is 9.97 Å². The monoisotopic (exact) mass is 419 g/mol. The predicted molar refractivity (Wildman–Crippen MR) is 123 cm³/mol. The van der Waals surface area contributed by atoms with E-state index in [-0.39, 0.29) is 5.56 Å². The molecule has 5 rings (SSSR count). The lowest BCUT2D eigenvalue weighted by molar-refractivity contribution is 0.323. The second-order valence-electron chi connectivity index (χ2n) is 7.99. The van der Waals surface area contributed by atoms with Crippen LogP contribution in [0, 0.1) is 13.8 Å². The molecule has 1 saturated heterocycles. The van der Waals surface area contributed by atoms with Crippen LogP contribution in [0.25, 0.3) is 21.1 Å². The molecule has 0 aliphatic carbocycles. The summed E-state index contributed by atoms with van der Waals surface area (Å²) in [6.07, 6.45) is 2.50. The van der Waals surface area contributed by atoms with Crippen LogP contribution in [0.2, 0.25) is 0 Å². The van der Waals surface area contributed by atoms with Crippen molar-refractivity contribution in [3.8, 4) is 0 Å². The van der Waals surface area contributed by atoms with Crippen molar-refractivity contribution >= 4 is 38.3 Å². The second-order valence-corrected chi connectivity index (χ2v) is 9.20. The number of anilines is 1. The van der Waals surface area contributed by atoms with Crippen LogP contribution in [0.15, 0.2) is 35.1 Å². The Bertz CT molecular complexity index is 1290. The van der Waals surface area contributed by atoms with Crippen LogP contribution in [0.5, 0.6) is 0 Å². The number of hydrogen-bond donors (Lipinski definition) is 2. The molecule has 1 fully saturated rings. The number of fused-ring (bicyclic) bond motifs is 2. The van der Waals surface area contributed by atoms with Crippen LogP contribution in [-0.2, 0) is 13.1 Å². The summed E-state index contributed by atoms with van der Waals surface area (Å²) in [5.74, 6) is 1.73. The number of H-pyrrole nitrogens is 1. The molecule has 154 valence electrons. The van der Waals surface area contributed by atoms with Crippen molar-refractivity contribution in [2.45, 2.75) is 39.8 Å². The fourth-order valence-electron chi connectivity index (χ4n) is 4.24. The van der Waals surface area contributed by atoms with Gasteiger partial charge in [0.25, 0.3) is 0 Å². The van der Waals surface area contributed by atoms with Gasteiger partial charge >= 0.3 is 0 Å². The van der Waals surface area contributed by atoms with Gasteiger partial charge in [0.15, 0.2) is 0 Å². The zero-order valence-corrected chi connectivity index (χ0v) is 18.1. The third-order valence-electron chi connectivity index (χ3n) is 5.92. The second kappa shape index (κ2) is 7.81. The maximum atomic E-state index is 12.1. The third-order valence-corrected chi connectivity index (χ3v) is 7.02. The lowest BCUT2D eigenvalue weighted by Gasteiger charge is -2.15. The number of para-hydroxylation sites is 1. The highest BCUT2D eigenvalue weighted by Crippen LogP contribution is 2.34. The summed E-state index contributed by atoms with van der Waals surface area (Å²) in [7, 11) is 0. The molecule has 0 unspecified atom stereocenters. The van der Waals surface area contributed by atoms with Crippen LogP contribution < -0.4 is 10.9 Å². The number of rotatable bonds is 5. The number of nitrogens with zero attached hydrogens (tertiary/aromatic N) is 3. The summed E-state index contributed by atoms with van der Waals surface area (Å²) in [5, 5.41) is 5.67. The zero-order valence-electron chi connectivity index (χ0n) is 17.3. The molecule has 6 nitrogen and oxygen atoms in total. The smallest absolute Gasteiger partial charge is 0.248 e. The van der Waals surface area contributed by atoms with Gasteiger partial charge in [-0.15, -0.1) is 11.3 Å². The van der Waals surface area contributed by atoms with Gasteiger partial charge in [0, 0.05) is 28.4 Å². The van der Waals surface area contributed by atoms with E-state index < -0.39 is 0 Å². The minimum atomic E-state index is -0.0874. The van der Waals surface area contributed by atoms with Crippen molar-refractivity contribution in [2.75, 3.05) is 18.4 Å². The predicted octanol–water partition coefficient (Wildman–Crippen LogP) is 4.36. The Hall–Kier alpha value is -2.77. The number of nitrogens with one attached hydrogen (secondary N) is 2. The van der Waals surface area contributed by atoms with Crippen molar-refractivity contribution in [3.63, 3.8) is 0 Å². The molecular weight excluding hydrogens is 394 g/mol. The van der Waals surface area contributed by atoms with E-state index in [1.807, 2.05) is 24.3 Å². The minimum absolute atomic E-state index is 0.0874. The number of benzene rings is 1. The minimum Gasteiger partial charge on any atom is -0.365 e. The first kappa shape index (κ1) is 19.2. The molecule has 7 heteroatoms. The van der Waals surface area contributed by atoms with Crippen molar-refractivity contribution in [3.05, 3.63) is 62.5 Å². The highest BCUT2D eigenvalue weighted by Gasteiger charge is 2.18. The van der Waals surface area contributed by atoms with E-state index in [1.54, 1.807) is 17.4 Å². The molecule has 0 spiro atoms. The van der Waals surface area contributed by atoms with E-state index >= 15 is 0 Å². The van der Waals surface area contributed by atoms with Crippen LogP contribution >= 0.6 is 11.3 Å². The summed E-state index contributed by atoms with van der Waals surface area (Å²) in [5.41, 5.74) is 2.95. The van der Waals surface area contributed by atoms with Crippen LogP contribution in [0.4, 0.5) is 5.82 Å². The highest BCUT2D eigenvalue weighted by atomic mass is 32.1. The number of likely N-dealkylation sites (tertiary alicyclic amines) is 1. The van der Waals surface area contributed by atoms with Crippen molar-refractivity contribution < 1.29 is 0 Å². The summed E-state index contributed by atoms with van der Waals surface area (Å²) >= 11 is 1.73. The highest BCUT2D eigenvalue weighted by molar-refractivity contribution is 7.18. The van der Waals surface area contributed by atoms with Gasteiger partial charge in [-0.05, 0) is 57.0 Å². The molecule has 1 aliphatic rings. The summed E-state index contributed by atoms with van der Waals surface area (Å²) < 4.78 is 0. The molecule has 1 aromatic carbocycles. The number of hydrogen-bond acceptors (Lipinski definition) is 6. The summed E-state index contributed by atoms with van der Waals surface area (Å²) in [6, 6.07) is 9.57. The Morgan fingerprint density at radius 2 is 1.97 bits per heavy atom. The molecule has 4 heterocycles. The SMILES string of the molecule is Cc1sc2nc(CN3CCCC3)nc(NCc3cc(=O)[nH]c4ccccc34)c2c1C. The first-order chi connectivity index (χ1) is 14.6. The van der Waals surface area contributed by atoms with E-state index in [2.05, 4.69) is 29.0 Å². The Kier molecular flexibility index (Phi) is 5.00. The average Bonchev–Trinajstić information content (AvgIpc) is 3.33. The Balaban J connectivity index is 1.52. The van der Waals surface area contributed by atoms with Gasteiger partial charge in [-0.25, -0.2) is 9.97 Å². The van der Waals surface area contributed by atoms with Crippen molar-refractivity contribution in [2.24, 2.45) is 0 Å². The molecule has 1 aliphatic heterocycles. The quantitative estimate of drug-likeness (QED) is 0.503. The van der Waals surface area contributed by atoms with Gasteiger partial charge in [-0.1, -0.05) is 18.2 Å². The van der Waals surface area contributed by atoms with Gasteiger partial charge in [-0.2, -0.15) is 0 Å². The first-order valence-electron chi connectivity index (χ1n) is 10.4. The molecule has 0 radical (unpaired) electrons. The topological polar surface area (TPSA) is 73.9 Å². The number of aryl methyl sites for hydroxylation is 2. The maximum Gasteiger partial charge on any atom is 0.248 e. The van der Waals surface area contributed by atoms with E-state index in [1.165, 1.54) is 23.3 Å². The third kappa shape index (κ3) is 3.59. The molecular formula is C23H25N5OS. The first-order valence-corrected chi connectivity index (χ1v) is 11.2. The van der Waals surface area contributed by atoms with Gasteiger partial charge in [0.1, 0.15) is 16.5 Å². The van der Waals surface area contributed by atoms with Gasteiger partial charge in [-0.3, -0.25) is 9.69 Å². The number of aromatic nitrogens is 3. The molecule has 4 aromatic rings. The fraction of sp³-hybridized carbons (Fsp3) is 0.348. The Morgan fingerprint density at radius 1 is 1.17 bits per heavy atom. The Labute approximate surface area is 179 Å². The zero-order chi connectivity index (χ0) is 20.7. The van der Waals surface area contributed by atoms with Crippen LogP contribution in [0.3, 0.4) is 0 Å². The maximum absolute atomic E-state index is 12.1. The van der Waals surface area contributed by atoms with E-state index in [0.29, 0.717) is 6.54 Å². The fourth-order valence-corrected chi connectivity index (χ4v) is 5.28. The standard InChI is InChI=1S/C23H25N5OS/c1-14-15(2)30-23-21(14)22(26-19(27-23)13-28-9-5-6-10-28)24-12-16-11-20(29)25-18-8-4-3-7-17(16)18/h3-4,7-8,11H,5-6,9-10,12-13H2,1-2H3,(H,25,29)(H,24,26,27). The molecule has 0 atom stereocenters. The van der Waals surface area contributed by atoms with Gasteiger partial charge in [0.2, 0.25) is 5.56 Å². The summed E-state index contributed by atoms with van der Waals surface area (Å²) in [6.45, 7) is 7.82. The molecule has 3 aromatic heterocycles. The number of pyridine rings is 1. The van der Waals surface area contributed by atoms with Crippen molar-refractivity contribution in [1.29, 1.82) is 0 Å². The van der Waals surface area contributed by atoms with E-state index in [0.717, 1.165) is 58.0 Å². The lowest BCUT2D eigenvalue weighted by atomic mass is 10.1. The van der Waals surface area contributed by atoms with Gasteiger partial charge < -0.3 is 10.3 Å². The molecule has 2 N–H and O–H groups in total. The molecule has 30 heavy (non-hydrogen) atoms. The molecule has 0 amide bonds. The van der Waals surface area contributed by atoms with Crippen LogP contribution in [0.1, 0.15) is 34.7 Å². The van der Waals surface area contributed by atoms with Gasteiger partial charge in [0.05, 0.1) is 11.9 Å². The summed E-state index contributed by atoms with van der Waals surface area (Å²) in [4.78, 5) is 29.5. The number of thiophene rings is 1. The lowest BCUT2D eigenvalue weighted by Crippen LogP contribution is -2.20. The number of aromatic amines is 1. The normalized spacial score (nSPS) is 14.7.